The fourth-order valence-corrected chi connectivity index (χ4v) is 1.73. The molecule has 0 atom stereocenters. The number of hydrogen-bond donors (Lipinski definition) is 1. The normalized spacial score (nSPS) is 10.8. The van der Waals surface area contributed by atoms with Crippen LogP contribution in [0.15, 0.2) is 36.8 Å². The zero-order chi connectivity index (χ0) is 13.2. The van der Waals surface area contributed by atoms with Gasteiger partial charge in [0.2, 0.25) is 0 Å². The molecule has 2 heterocycles. The summed E-state index contributed by atoms with van der Waals surface area (Å²) >= 11 is 0. The van der Waals surface area contributed by atoms with Gasteiger partial charge in [0.1, 0.15) is 17.3 Å². The van der Waals surface area contributed by atoms with E-state index >= 15 is 0 Å². The van der Waals surface area contributed by atoms with Gasteiger partial charge in [-0.05, 0) is 12.1 Å². The molecule has 2 aromatic heterocycles. The minimum absolute atomic E-state index is 0.0216. The predicted octanol–water partition coefficient (Wildman–Crippen LogP) is 1.99. The number of nitrogens with one attached hydrogen (secondary N) is 1. The van der Waals surface area contributed by atoms with Crippen LogP contribution in [0, 0.1) is 11.6 Å². The molecular weight excluding hydrogens is 252 g/mol. The Morgan fingerprint density at radius 3 is 2.68 bits per heavy atom. The summed E-state index contributed by atoms with van der Waals surface area (Å²) in [6, 6.07) is 3.75. The van der Waals surface area contributed by atoms with Gasteiger partial charge >= 0.3 is 0 Å². The molecule has 0 aliphatic heterocycles. The molecule has 0 unspecified atom stereocenters. The third kappa shape index (κ3) is 2.22. The van der Waals surface area contributed by atoms with Crippen LogP contribution in [-0.4, -0.2) is 25.0 Å². The van der Waals surface area contributed by atoms with Crippen LogP contribution in [-0.2, 0) is 6.54 Å². The Kier molecular flexibility index (Phi) is 2.79. The van der Waals surface area contributed by atoms with Crippen LogP contribution >= 0.6 is 0 Å². The minimum Gasteiger partial charge on any atom is -0.343 e. The highest BCUT2D eigenvalue weighted by Gasteiger charge is 2.11. The van der Waals surface area contributed by atoms with E-state index in [1.54, 1.807) is 18.6 Å². The third-order valence-electron chi connectivity index (χ3n) is 2.66. The number of H-pyrrole nitrogens is 1. The van der Waals surface area contributed by atoms with Crippen molar-refractivity contribution in [2.75, 3.05) is 0 Å². The quantitative estimate of drug-likeness (QED) is 0.784. The van der Waals surface area contributed by atoms with E-state index < -0.39 is 11.6 Å². The van der Waals surface area contributed by atoms with Crippen molar-refractivity contribution in [3.05, 3.63) is 54.0 Å². The topological polar surface area (TPSA) is 59.4 Å². The average molecular weight is 261 g/mol. The van der Waals surface area contributed by atoms with Gasteiger partial charge in [-0.2, -0.15) is 0 Å². The van der Waals surface area contributed by atoms with E-state index in [1.807, 2.05) is 0 Å². The Hall–Kier alpha value is -2.57. The van der Waals surface area contributed by atoms with Gasteiger partial charge in [-0.3, -0.25) is 0 Å². The standard InChI is InChI=1S/C12H9F2N5/c13-9-2-1-3-10(14)8(9)6-19-7-11(17-18-19)12-15-4-5-16-12/h1-5,7H,6H2,(H,15,16). The molecule has 0 amide bonds. The maximum Gasteiger partial charge on any atom is 0.159 e. The molecular formula is C12H9F2N5. The van der Waals surface area contributed by atoms with E-state index in [1.165, 1.54) is 22.9 Å². The fraction of sp³-hybridized carbons (Fsp3) is 0.0833. The Morgan fingerprint density at radius 2 is 2.00 bits per heavy atom. The van der Waals surface area contributed by atoms with Crippen molar-refractivity contribution in [2.45, 2.75) is 6.54 Å². The molecule has 0 fully saturated rings. The maximum absolute atomic E-state index is 13.5. The van der Waals surface area contributed by atoms with Crippen molar-refractivity contribution < 1.29 is 8.78 Å². The van der Waals surface area contributed by atoms with Crippen molar-refractivity contribution in [3.8, 4) is 11.5 Å². The lowest BCUT2D eigenvalue weighted by atomic mass is 10.2. The zero-order valence-electron chi connectivity index (χ0n) is 9.72. The van der Waals surface area contributed by atoms with Crippen molar-refractivity contribution in [1.82, 2.24) is 25.0 Å². The summed E-state index contributed by atoms with van der Waals surface area (Å²) in [5.41, 5.74) is 0.472. The van der Waals surface area contributed by atoms with Gasteiger partial charge in [0.05, 0.1) is 12.7 Å². The Labute approximate surface area is 106 Å². The van der Waals surface area contributed by atoms with E-state index in [9.17, 15) is 8.78 Å². The summed E-state index contributed by atoms with van der Waals surface area (Å²) in [5, 5.41) is 7.71. The van der Waals surface area contributed by atoms with Crippen LogP contribution in [0.3, 0.4) is 0 Å². The Morgan fingerprint density at radius 1 is 1.21 bits per heavy atom. The molecule has 0 bridgehead atoms. The van der Waals surface area contributed by atoms with Crippen LogP contribution < -0.4 is 0 Å². The second-order valence-electron chi connectivity index (χ2n) is 3.94. The molecule has 5 nitrogen and oxygen atoms in total. The smallest absolute Gasteiger partial charge is 0.159 e. The number of nitrogens with zero attached hydrogens (tertiary/aromatic N) is 4. The zero-order valence-corrected chi connectivity index (χ0v) is 9.72. The van der Waals surface area contributed by atoms with Crippen molar-refractivity contribution in [3.63, 3.8) is 0 Å². The molecule has 7 heteroatoms. The second kappa shape index (κ2) is 4.60. The molecule has 0 spiro atoms. The van der Waals surface area contributed by atoms with Crippen LogP contribution in [0.4, 0.5) is 8.78 Å². The highest BCUT2D eigenvalue weighted by atomic mass is 19.1. The lowest BCUT2D eigenvalue weighted by Crippen LogP contribution is -2.05. The van der Waals surface area contributed by atoms with Crippen molar-refractivity contribution in [1.29, 1.82) is 0 Å². The van der Waals surface area contributed by atoms with Crippen LogP contribution in [0.5, 0.6) is 0 Å². The number of imidazole rings is 1. The first-order chi connectivity index (χ1) is 9.24. The third-order valence-corrected chi connectivity index (χ3v) is 2.66. The Bertz CT molecular complexity index is 670. The number of hydrogen-bond acceptors (Lipinski definition) is 3. The number of halogens is 2. The summed E-state index contributed by atoms with van der Waals surface area (Å²) in [4.78, 5) is 6.90. The van der Waals surface area contributed by atoms with Crippen molar-refractivity contribution in [2.24, 2.45) is 0 Å². The number of rotatable bonds is 3. The molecule has 0 saturated carbocycles. The highest BCUT2D eigenvalue weighted by Crippen LogP contribution is 2.15. The Balaban J connectivity index is 1.88. The van der Waals surface area contributed by atoms with Gasteiger partial charge in [0.15, 0.2) is 5.82 Å². The molecule has 0 saturated heterocycles. The predicted molar refractivity (Wildman–Crippen MR) is 63.1 cm³/mol. The van der Waals surface area contributed by atoms with Crippen LogP contribution in [0.25, 0.3) is 11.5 Å². The van der Waals surface area contributed by atoms with Crippen LogP contribution in [0.2, 0.25) is 0 Å². The van der Waals surface area contributed by atoms with Crippen molar-refractivity contribution >= 4 is 0 Å². The molecule has 96 valence electrons. The van der Waals surface area contributed by atoms with E-state index in [0.29, 0.717) is 11.5 Å². The van der Waals surface area contributed by atoms with Crippen LogP contribution in [0.1, 0.15) is 5.56 Å². The minimum atomic E-state index is -0.602. The van der Waals surface area contributed by atoms with E-state index in [4.69, 9.17) is 0 Å². The van der Waals surface area contributed by atoms with Gasteiger partial charge in [-0.25, -0.2) is 18.4 Å². The molecule has 0 radical (unpaired) electrons. The van der Waals surface area contributed by atoms with Gasteiger partial charge in [0, 0.05) is 18.0 Å². The summed E-state index contributed by atoms with van der Waals surface area (Å²) in [6.45, 7) is -0.0216. The second-order valence-corrected chi connectivity index (χ2v) is 3.94. The molecule has 19 heavy (non-hydrogen) atoms. The lowest BCUT2D eigenvalue weighted by molar-refractivity contribution is 0.528. The first-order valence-electron chi connectivity index (χ1n) is 5.57. The van der Waals surface area contributed by atoms with Gasteiger partial charge < -0.3 is 4.98 Å². The van der Waals surface area contributed by atoms with E-state index in [2.05, 4.69) is 20.3 Å². The largest absolute Gasteiger partial charge is 0.343 e. The molecule has 3 aromatic rings. The van der Waals surface area contributed by atoms with E-state index in [0.717, 1.165) is 0 Å². The first kappa shape index (κ1) is 11.5. The molecule has 3 rings (SSSR count). The number of aromatic nitrogens is 5. The monoisotopic (exact) mass is 261 g/mol. The van der Waals surface area contributed by atoms with Gasteiger partial charge in [0.25, 0.3) is 0 Å². The molecule has 1 N–H and O–H groups in total. The number of aromatic amines is 1. The fourth-order valence-electron chi connectivity index (χ4n) is 1.73. The lowest BCUT2D eigenvalue weighted by Gasteiger charge is -2.03. The average Bonchev–Trinajstić information content (AvgIpc) is 3.04. The molecule has 1 aromatic carbocycles. The number of benzene rings is 1. The molecule has 0 aliphatic rings. The highest BCUT2D eigenvalue weighted by molar-refractivity contribution is 5.45. The summed E-state index contributed by atoms with van der Waals surface area (Å²) in [7, 11) is 0. The maximum atomic E-state index is 13.5. The SMILES string of the molecule is Fc1cccc(F)c1Cn1cc(-c2ncc[nH]2)nn1. The summed E-state index contributed by atoms with van der Waals surface area (Å²) < 4.78 is 28.4. The van der Waals surface area contributed by atoms with Gasteiger partial charge in [-0.1, -0.05) is 11.3 Å². The van der Waals surface area contributed by atoms with Gasteiger partial charge in [-0.15, -0.1) is 5.10 Å². The molecule has 0 aliphatic carbocycles. The summed E-state index contributed by atoms with van der Waals surface area (Å²) in [6.07, 6.45) is 4.82. The summed E-state index contributed by atoms with van der Waals surface area (Å²) in [5.74, 6) is -0.648. The van der Waals surface area contributed by atoms with E-state index in [-0.39, 0.29) is 12.1 Å². The first-order valence-corrected chi connectivity index (χ1v) is 5.57.